The number of rotatable bonds is 30. The van der Waals surface area contributed by atoms with E-state index in [2.05, 4.69) is 20.1 Å². The van der Waals surface area contributed by atoms with E-state index in [-0.39, 0.29) is 168 Å². The molecule has 5 heterocycles. The Labute approximate surface area is 529 Å². The number of amides is 2. The molecule has 26 nitrogen and oxygen atoms in total. The van der Waals surface area contributed by atoms with Gasteiger partial charge in [-0.3, -0.25) is 48.4 Å². The molecule has 4 aromatic rings. The van der Waals surface area contributed by atoms with Gasteiger partial charge in [0.1, 0.15) is 23.5 Å². The average Bonchev–Trinajstić information content (AvgIpc) is 1.78. The number of aryl methyl sites for hydroxylation is 1. The number of piperidine rings is 1. The second kappa shape index (κ2) is 36.0. The number of aromatic nitrogens is 3. The van der Waals surface area contributed by atoms with Crippen LogP contribution >= 0.6 is 11.6 Å². The number of carbonyl (C=O) groups is 6. The molecule has 0 saturated carbocycles. The van der Waals surface area contributed by atoms with Crippen LogP contribution in [0.3, 0.4) is 0 Å². The summed E-state index contributed by atoms with van der Waals surface area (Å²) in [5.41, 5.74) is 11.9. The van der Waals surface area contributed by atoms with Crippen LogP contribution in [0, 0.1) is 12.7 Å². The first-order valence-electron chi connectivity index (χ1n) is 29.3. The van der Waals surface area contributed by atoms with Gasteiger partial charge in [-0.1, -0.05) is 17.7 Å². The van der Waals surface area contributed by atoms with Gasteiger partial charge < -0.3 is 70.1 Å². The quantitative estimate of drug-likeness (QED) is 0.0367. The molecule has 2 aromatic heterocycles. The minimum Gasteiger partial charge on any atom is -0.480 e. The molecule has 8 N–H and O–H groups in total. The molecule has 0 bridgehead atoms. The van der Waals surface area contributed by atoms with E-state index in [9.17, 15) is 49.2 Å². The number of nitrogens with two attached hydrogens (primary N) is 1. The summed E-state index contributed by atoms with van der Waals surface area (Å²) in [6, 6.07) is 9.46. The maximum absolute atomic E-state index is 15.0. The Morgan fingerprint density at radius 1 is 0.701 bits per heavy atom. The molecule has 1 atom stereocenters. The van der Waals surface area contributed by atoms with Crippen molar-refractivity contribution in [3.8, 4) is 22.5 Å². The van der Waals surface area contributed by atoms with Crippen molar-refractivity contribution in [2.75, 3.05) is 180 Å². The number of hydrogen-bond acceptors (Lipinski definition) is 19. The van der Waals surface area contributed by atoms with Crippen LogP contribution < -0.4 is 20.9 Å². The average molecular weight is 1340 g/mol. The van der Waals surface area contributed by atoms with Crippen LogP contribution in [-0.2, 0) is 47.7 Å². The smallest absolute Gasteiger partial charge is 0.320 e. The number of carboxylic acids is 4. The van der Waals surface area contributed by atoms with E-state index in [1.165, 1.54) is 12.1 Å². The summed E-state index contributed by atoms with van der Waals surface area (Å²) in [5, 5.41) is 42.0. The summed E-state index contributed by atoms with van der Waals surface area (Å²) in [6.45, 7) is 7.86. The number of imidazole rings is 1. The molecular weight excluding hydrogens is 1260 g/mol. The molecule has 7 rings (SSSR count). The second-order valence-corrected chi connectivity index (χ2v) is 22.1. The third-order valence-electron chi connectivity index (χ3n) is 15.3. The van der Waals surface area contributed by atoms with Gasteiger partial charge in [0.2, 0.25) is 11.8 Å². The number of ether oxygens (including phenoxy) is 4. The zero-order valence-corrected chi connectivity index (χ0v) is 53.5. The normalized spacial score (nSPS) is 16.9. The number of H-pyrrole nitrogens is 1. The van der Waals surface area contributed by atoms with Gasteiger partial charge in [-0.2, -0.15) is 0 Å². The van der Waals surface area contributed by atoms with Crippen LogP contribution in [0.2, 0.25) is 5.02 Å². The predicted octanol–water partition coefficient (Wildman–Crippen LogP) is 1.87. The Bertz CT molecular complexity index is 2850. The largest absolute Gasteiger partial charge is 0.480 e. The number of halogens is 2. The molecule has 87 heavy (non-hydrogen) atoms. The van der Waals surface area contributed by atoms with E-state index in [1.807, 2.05) is 36.2 Å². The van der Waals surface area contributed by atoms with Gasteiger partial charge in [-0.25, -0.2) is 14.4 Å². The molecule has 0 spiro atoms. The molecule has 3 fully saturated rings. The van der Waals surface area contributed by atoms with Crippen LogP contribution in [0.25, 0.3) is 33.5 Å². The zero-order chi connectivity index (χ0) is 61.5. The predicted molar refractivity (Wildman–Crippen MR) is 324 cm³/mol. The van der Waals surface area contributed by atoms with E-state index in [4.69, 9.17) is 46.3 Å². The summed E-state index contributed by atoms with van der Waals surface area (Å²) in [7, 11) is 0. The van der Waals surface area contributed by atoms with Crippen LogP contribution in [0.5, 0.6) is 0 Å². The number of piperazine rings is 1. The van der Waals surface area contributed by atoms with Crippen molar-refractivity contribution in [1.29, 1.82) is 0 Å². The number of aliphatic carboxylic acids is 4. The molecule has 2 aromatic carbocycles. The summed E-state index contributed by atoms with van der Waals surface area (Å²) >= 11 is 6.41. The first-order chi connectivity index (χ1) is 41.4. The maximum atomic E-state index is 15.0. The molecule has 475 valence electrons. The maximum Gasteiger partial charge on any atom is 0.320 e. The van der Waals surface area contributed by atoms with Crippen LogP contribution in [0.1, 0.15) is 37.7 Å². The van der Waals surface area contributed by atoms with Crippen molar-refractivity contribution in [1.82, 2.24) is 44.8 Å². The number of nitrogens with zero attached hydrogens (tertiary/aromatic N) is 9. The first kappa shape index (κ1) is 70.3. The summed E-state index contributed by atoms with van der Waals surface area (Å²) < 4.78 is 37.5. The van der Waals surface area contributed by atoms with E-state index in [0.29, 0.717) is 87.9 Å². The molecule has 1 unspecified atom stereocenters. The second-order valence-electron chi connectivity index (χ2n) is 21.7. The van der Waals surface area contributed by atoms with Gasteiger partial charge in [0, 0.05) is 153 Å². The number of carboxylic acid groups (broad SMARTS) is 4. The van der Waals surface area contributed by atoms with Gasteiger partial charge in [0.25, 0.3) is 0 Å². The van der Waals surface area contributed by atoms with Crippen LogP contribution in [0.15, 0.2) is 42.6 Å². The molecule has 2 amide bonds. The number of anilines is 2. The minimum atomic E-state index is -1.18. The first-order valence-corrected chi connectivity index (χ1v) is 29.6. The Balaban J connectivity index is 0.0000121. The number of hydrogen-bond donors (Lipinski definition) is 7. The topological polar surface area (TPSA) is 323 Å². The van der Waals surface area contributed by atoms with E-state index in [1.54, 1.807) is 25.7 Å². The van der Waals surface area contributed by atoms with Gasteiger partial charge in [-0.15, -0.1) is 0 Å². The Morgan fingerprint density at radius 2 is 1.25 bits per heavy atom. The third kappa shape index (κ3) is 22.6. The molecule has 3 saturated heterocycles. The van der Waals surface area contributed by atoms with Crippen LogP contribution in [0.4, 0.5) is 15.9 Å². The standard InChI is InChI=1S/C58H82ClFN12O14.In/c1-40-32-41(34-43(60)33-40)45-36-63-57(54(55(45)71-10-6-44(61)7-11-71)56-64-46-3-2-42(59)35-47(46)65-56)72-22-20-70(21-23-72)50(74)8-24-83-26-28-85-30-31-86-29-27-84-25-9-62-49(73)5-4-48(58(81)82)69-18-16-67(38-52(77)78)14-12-66(37-51(75)76)13-15-68(17-19-69)39-53(79)80;/h2-3,32-36,44,48H,4-31,37-39,61H2,1H3,(H,62,73)(H,64,65)(H,75,76)(H,77,78)(H,79,80)(H,81,82);. The molecule has 3 aliphatic heterocycles. The van der Waals surface area contributed by atoms with Crippen molar-refractivity contribution >= 4 is 95.7 Å². The number of nitrogens with one attached hydrogen (secondary N) is 2. The fourth-order valence-electron chi connectivity index (χ4n) is 10.8. The summed E-state index contributed by atoms with van der Waals surface area (Å²) in [5.74, 6) is -3.89. The van der Waals surface area contributed by atoms with Gasteiger partial charge in [0.15, 0.2) is 0 Å². The van der Waals surface area contributed by atoms with E-state index in [0.717, 1.165) is 46.3 Å². The SMILES string of the molecule is Cc1cc(F)cc(-c2cnc(N3CCN(C(=O)CCOCCOCCOCCOCCNC(=O)CCC(C(=O)O)N4CCN(CC(=O)O)CCN(CC(=O)O)CCN(CC(=O)O)CC4)CC3)c(-c3nc4ccc(Cl)cc4[nH]3)c2N2CCC(N)CC2)c1.[In]. The summed E-state index contributed by atoms with van der Waals surface area (Å²) in [4.78, 5) is 99.9. The molecule has 29 heteroatoms. The van der Waals surface area contributed by atoms with Crippen molar-refractivity contribution in [3.63, 3.8) is 0 Å². The minimum absolute atomic E-state index is 0. The van der Waals surface area contributed by atoms with Gasteiger partial charge >= 0.3 is 23.9 Å². The Morgan fingerprint density at radius 3 is 1.80 bits per heavy atom. The number of carbonyl (C=O) groups excluding carboxylic acids is 2. The Hall–Kier alpha value is -5.79. The fraction of sp³-hybridized carbons (Fsp3) is 0.586. The fourth-order valence-corrected chi connectivity index (χ4v) is 11.0. The zero-order valence-electron chi connectivity index (χ0n) is 49.4. The van der Waals surface area contributed by atoms with Crippen LogP contribution in [-0.4, -0.2) is 304 Å². The molecule has 3 radical (unpaired) electrons. The molecular formula is C58H82ClFInN12O14. The van der Waals surface area contributed by atoms with Crippen molar-refractivity contribution in [3.05, 3.63) is 59.0 Å². The van der Waals surface area contributed by atoms with Gasteiger partial charge in [-0.05, 0) is 67.6 Å². The number of fused-ring (bicyclic) bond motifs is 1. The van der Waals surface area contributed by atoms with Crippen molar-refractivity contribution < 1.29 is 72.5 Å². The van der Waals surface area contributed by atoms with E-state index < -0.39 is 35.8 Å². The number of aromatic amines is 1. The Kier molecular flexibility index (Phi) is 29.1. The van der Waals surface area contributed by atoms with Gasteiger partial charge in [0.05, 0.1) is 101 Å². The third-order valence-corrected chi connectivity index (χ3v) is 15.6. The number of pyridine rings is 1. The van der Waals surface area contributed by atoms with Crippen molar-refractivity contribution in [2.24, 2.45) is 5.73 Å². The number of benzene rings is 2. The van der Waals surface area contributed by atoms with E-state index >= 15 is 4.39 Å². The molecule has 3 aliphatic rings. The monoisotopic (exact) mass is 1340 g/mol. The summed E-state index contributed by atoms with van der Waals surface area (Å²) in [6.07, 6.45) is 3.42. The molecule has 0 aliphatic carbocycles. The van der Waals surface area contributed by atoms with Crippen molar-refractivity contribution in [2.45, 2.75) is 51.1 Å².